The number of nitrogens with one attached hydrogen (secondary N) is 3. The van der Waals surface area contributed by atoms with Crippen LogP contribution in [0.2, 0.25) is 0 Å². The predicted molar refractivity (Wildman–Crippen MR) is 160 cm³/mol. The Kier molecular flexibility index (Phi) is 6.54. The van der Waals surface area contributed by atoms with Gasteiger partial charge in [0.05, 0.1) is 22.6 Å². The Hall–Kier alpha value is -5.19. The van der Waals surface area contributed by atoms with Crippen molar-refractivity contribution in [1.82, 2.24) is 40.0 Å². The number of carbonyl (C=O) groups excluding carboxylic acids is 1. The number of aryl methyl sites for hydroxylation is 1. The fourth-order valence-electron chi connectivity index (χ4n) is 5.85. The molecule has 0 aliphatic carbocycles. The summed E-state index contributed by atoms with van der Waals surface area (Å²) in [5.41, 5.74) is 5.19. The maximum atomic E-state index is 12.8. The van der Waals surface area contributed by atoms with Crippen molar-refractivity contribution in [2.45, 2.75) is 24.9 Å². The first-order valence-electron chi connectivity index (χ1n) is 14.0. The summed E-state index contributed by atoms with van der Waals surface area (Å²) in [4.78, 5) is 36.0. The topological polar surface area (TPSA) is 130 Å². The maximum absolute atomic E-state index is 12.8. The molecule has 5 heterocycles. The zero-order valence-electron chi connectivity index (χ0n) is 23.2. The van der Waals surface area contributed by atoms with E-state index in [9.17, 15) is 4.79 Å². The van der Waals surface area contributed by atoms with Crippen molar-refractivity contribution < 1.29 is 9.53 Å². The number of aromatic nitrogens is 7. The number of aromatic amines is 2. The van der Waals surface area contributed by atoms with Crippen LogP contribution in [0.1, 0.15) is 24.2 Å². The molecular formula is C31H31N9O2. The van der Waals surface area contributed by atoms with Crippen molar-refractivity contribution in [3.8, 4) is 11.1 Å². The summed E-state index contributed by atoms with van der Waals surface area (Å²) in [7, 11) is 1.91. The van der Waals surface area contributed by atoms with Gasteiger partial charge in [0.2, 0.25) is 0 Å². The summed E-state index contributed by atoms with van der Waals surface area (Å²) < 4.78 is 7.34. The number of imidazole rings is 1. The lowest BCUT2D eigenvalue weighted by Gasteiger charge is -2.41. The molecule has 6 aromatic rings. The Labute approximate surface area is 242 Å². The van der Waals surface area contributed by atoms with Gasteiger partial charge in [-0.2, -0.15) is 5.10 Å². The van der Waals surface area contributed by atoms with Gasteiger partial charge in [-0.25, -0.2) is 19.7 Å². The number of benzene rings is 2. The molecule has 1 aliphatic heterocycles. The van der Waals surface area contributed by atoms with Crippen LogP contribution in [0.4, 0.5) is 10.6 Å². The van der Waals surface area contributed by atoms with Crippen LogP contribution in [0.25, 0.3) is 33.2 Å². The highest BCUT2D eigenvalue weighted by atomic mass is 16.5. The van der Waals surface area contributed by atoms with Crippen LogP contribution in [0.5, 0.6) is 0 Å². The maximum Gasteiger partial charge on any atom is 0.407 e. The second-order valence-electron chi connectivity index (χ2n) is 10.8. The molecule has 212 valence electrons. The van der Waals surface area contributed by atoms with Gasteiger partial charge >= 0.3 is 6.09 Å². The van der Waals surface area contributed by atoms with E-state index in [2.05, 4.69) is 41.3 Å². The summed E-state index contributed by atoms with van der Waals surface area (Å²) in [6.07, 6.45) is 8.39. The molecule has 2 aromatic carbocycles. The summed E-state index contributed by atoms with van der Waals surface area (Å²) >= 11 is 0. The summed E-state index contributed by atoms with van der Waals surface area (Å²) in [6, 6.07) is 17.8. The predicted octanol–water partition coefficient (Wildman–Crippen LogP) is 4.70. The van der Waals surface area contributed by atoms with E-state index in [1.807, 2.05) is 74.2 Å². The van der Waals surface area contributed by atoms with Gasteiger partial charge in [0.15, 0.2) is 0 Å². The molecule has 1 amide bonds. The fraction of sp³-hybridized carbons (Fsp3) is 0.258. The molecule has 1 saturated heterocycles. The van der Waals surface area contributed by atoms with Gasteiger partial charge < -0.3 is 24.9 Å². The number of carbonyl (C=O) groups is 1. The number of anilines is 1. The third-order valence-electron chi connectivity index (χ3n) is 8.17. The molecule has 0 saturated carbocycles. The minimum atomic E-state index is -0.447. The average Bonchev–Trinajstić information content (AvgIpc) is 3.79. The van der Waals surface area contributed by atoms with Crippen molar-refractivity contribution in [2.75, 3.05) is 24.5 Å². The average molecular weight is 562 g/mol. The first kappa shape index (κ1) is 25.8. The van der Waals surface area contributed by atoms with Gasteiger partial charge in [-0.05, 0) is 30.5 Å². The third-order valence-corrected chi connectivity index (χ3v) is 8.17. The number of H-pyrrole nitrogens is 2. The van der Waals surface area contributed by atoms with Crippen LogP contribution in [-0.2, 0) is 23.8 Å². The molecule has 0 bridgehead atoms. The molecular weight excluding hydrogens is 530 g/mol. The van der Waals surface area contributed by atoms with Crippen LogP contribution in [0.15, 0.2) is 79.5 Å². The van der Waals surface area contributed by atoms with Crippen molar-refractivity contribution in [2.24, 2.45) is 7.05 Å². The summed E-state index contributed by atoms with van der Waals surface area (Å²) in [5, 5.41) is 8.40. The van der Waals surface area contributed by atoms with E-state index in [0.717, 1.165) is 76.3 Å². The second kappa shape index (κ2) is 10.7. The lowest BCUT2D eigenvalue weighted by Crippen LogP contribution is -2.50. The quantitative estimate of drug-likeness (QED) is 0.258. The lowest BCUT2D eigenvalue weighted by molar-refractivity contribution is 0.135. The molecule has 11 nitrogen and oxygen atoms in total. The highest BCUT2D eigenvalue weighted by Crippen LogP contribution is 2.38. The molecule has 0 radical (unpaired) electrons. The molecule has 1 fully saturated rings. The van der Waals surface area contributed by atoms with E-state index in [4.69, 9.17) is 9.72 Å². The van der Waals surface area contributed by atoms with Crippen LogP contribution < -0.4 is 10.2 Å². The third kappa shape index (κ3) is 4.83. The van der Waals surface area contributed by atoms with E-state index in [-0.39, 0.29) is 6.61 Å². The molecule has 0 atom stereocenters. The van der Waals surface area contributed by atoms with Crippen LogP contribution in [0, 0.1) is 0 Å². The van der Waals surface area contributed by atoms with E-state index in [0.29, 0.717) is 6.54 Å². The number of para-hydroxylation sites is 1. The number of piperidine rings is 1. The molecule has 0 unspecified atom stereocenters. The second-order valence-corrected chi connectivity index (χ2v) is 10.8. The molecule has 7 rings (SSSR count). The van der Waals surface area contributed by atoms with Crippen LogP contribution in [0.3, 0.4) is 0 Å². The zero-order chi connectivity index (χ0) is 28.5. The number of amides is 1. The van der Waals surface area contributed by atoms with Gasteiger partial charge in [-0.15, -0.1) is 0 Å². The van der Waals surface area contributed by atoms with Gasteiger partial charge in [0, 0.05) is 55.6 Å². The standard InChI is InChI=1S/C31H31N9O2/c1-39-17-22(16-36-39)23-8-5-9-25-26(23)38-29(37-25)31(19-33-30(41)42-18-21-6-3-2-4-7-21)11-14-40(15-12-31)28-24-10-13-32-27(24)34-20-35-28/h2-10,13,16-17,20H,11-12,14-15,18-19H2,1H3,(H,33,41)(H,37,38)(H,32,34,35). The first-order chi connectivity index (χ1) is 20.6. The first-order valence-corrected chi connectivity index (χ1v) is 14.0. The number of alkyl carbamates (subject to hydrolysis) is 1. The van der Waals surface area contributed by atoms with Crippen LogP contribution in [-0.4, -0.2) is 60.4 Å². The SMILES string of the molecule is Cn1cc(-c2cccc3[nH]c(C4(CNC(=O)OCc5ccccc5)CCN(c5ncnc6[nH]ccc56)CC4)nc23)cn1. The molecule has 11 heteroatoms. The number of ether oxygens (including phenoxy) is 1. The van der Waals surface area contributed by atoms with Gasteiger partial charge in [-0.1, -0.05) is 42.5 Å². The number of rotatable bonds is 7. The minimum Gasteiger partial charge on any atom is -0.445 e. The number of hydrogen-bond donors (Lipinski definition) is 3. The molecule has 4 aromatic heterocycles. The molecule has 42 heavy (non-hydrogen) atoms. The molecule has 1 aliphatic rings. The van der Waals surface area contributed by atoms with Crippen LogP contribution >= 0.6 is 0 Å². The summed E-state index contributed by atoms with van der Waals surface area (Å²) in [5.74, 6) is 1.76. The highest BCUT2D eigenvalue weighted by molar-refractivity contribution is 5.92. The minimum absolute atomic E-state index is 0.215. The zero-order valence-corrected chi connectivity index (χ0v) is 23.2. The number of nitrogens with zero attached hydrogens (tertiary/aromatic N) is 6. The highest BCUT2D eigenvalue weighted by Gasteiger charge is 2.40. The van der Waals surface area contributed by atoms with Gasteiger partial charge in [0.1, 0.15) is 30.2 Å². The lowest BCUT2D eigenvalue weighted by atomic mass is 9.77. The van der Waals surface area contributed by atoms with E-state index < -0.39 is 11.5 Å². The van der Waals surface area contributed by atoms with Crippen molar-refractivity contribution >= 4 is 34.0 Å². The van der Waals surface area contributed by atoms with E-state index >= 15 is 0 Å². The smallest absolute Gasteiger partial charge is 0.407 e. The Balaban J connectivity index is 1.17. The fourth-order valence-corrected chi connectivity index (χ4v) is 5.85. The Bertz CT molecular complexity index is 1850. The Morgan fingerprint density at radius 2 is 1.93 bits per heavy atom. The Morgan fingerprint density at radius 1 is 1.07 bits per heavy atom. The van der Waals surface area contributed by atoms with E-state index in [1.54, 1.807) is 11.0 Å². The van der Waals surface area contributed by atoms with E-state index in [1.165, 1.54) is 0 Å². The van der Waals surface area contributed by atoms with Crippen molar-refractivity contribution in [3.63, 3.8) is 0 Å². The van der Waals surface area contributed by atoms with Crippen molar-refractivity contribution in [3.05, 3.63) is 90.9 Å². The molecule has 0 spiro atoms. The van der Waals surface area contributed by atoms with Gasteiger partial charge in [-0.3, -0.25) is 4.68 Å². The largest absolute Gasteiger partial charge is 0.445 e. The monoisotopic (exact) mass is 561 g/mol. The normalized spacial score (nSPS) is 14.8. The van der Waals surface area contributed by atoms with Gasteiger partial charge in [0.25, 0.3) is 0 Å². The summed E-state index contributed by atoms with van der Waals surface area (Å²) in [6.45, 7) is 2.09. The Morgan fingerprint density at radius 3 is 2.74 bits per heavy atom. The van der Waals surface area contributed by atoms with Crippen molar-refractivity contribution in [1.29, 1.82) is 0 Å². The number of fused-ring (bicyclic) bond motifs is 2. The number of hydrogen-bond acceptors (Lipinski definition) is 7. The molecule has 3 N–H and O–H groups in total.